The Balaban J connectivity index is 1.45. The van der Waals surface area contributed by atoms with Crippen LogP contribution in [-0.2, 0) is 11.2 Å². The van der Waals surface area contributed by atoms with E-state index in [2.05, 4.69) is 28.3 Å². The van der Waals surface area contributed by atoms with Crippen LogP contribution < -0.4 is 4.90 Å². The van der Waals surface area contributed by atoms with Gasteiger partial charge < -0.3 is 9.42 Å². The number of thiophene rings is 1. The Hall–Kier alpha value is -2.99. The van der Waals surface area contributed by atoms with Gasteiger partial charge in [0.25, 0.3) is 0 Å². The van der Waals surface area contributed by atoms with Crippen molar-refractivity contribution in [1.82, 2.24) is 10.1 Å². The fourth-order valence-electron chi connectivity index (χ4n) is 3.06. The minimum Gasteiger partial charge on any atom is -0.339 e. The summed E-state index contributed by atoms with van der Waals surface area (Å²) in [6.45, 7) is 2.59. The van der Waals surface area contributed by atoms with Gasteiger partial charge in [-0.1, -0.05) is 35.5 Å². The Bertz CT molecular complexity index is 1060. The van der Waals surface area contributed by atoms with Crippen LogP contribution in [0.1, 0.15) is 19.2 Å². The molecule has 2 heterocycles. The molecule has 0 aliphatic rings. The number of hydrogen-bond donors (Lipinski definition) is 0. The van der Waals surface area contributed by atoms with E-state index < -0.39 is 0 Å². The number of rotatable bonds is 6. The Morgan fingerprint density at radius 3 is 2.78 bits per heavy atom. The molecule has 4 aromatic rings. The van der Waals surface area contributed by atoms with Crippen LogP contribution in [0.2, 0.25) is 0 Å². The van der Waals surface area contributed by atoms with E-state index in [0.717, 1.165) is 22.0 Å². The molecule has 0 N–H and O–H groups in total. The van der Waals surface area contributed by atoms with Crippen LogP contribution in [0.5, 0.6) is 0 Å². The van der Waals surface area contributed by atoms with Crippen molar-refractivity contribution in [3.63, 3.8) is 0 Å². The second kappa shape index (κ2) is 7.72. The van der Waals surface area contributed by atoms with Crippen LogP contribution in [-0.4, -0.2) is 22.6 Å². The number of carbonyl (C=O) groups is 1. The number of nitrogens with zero attached hydrogens (tertiary/aromatic N) is 3. The summed E-state index contributed by atoms with van der Waals surface area (Å²) in [6, 6.07) is 16.2. The first-order chi connectivity index (χ1) is 13.2. The fraction of sp³-hybridized carbons (Fsp3) is 0.190. The van der Waals surface area contributed by atoms with Crippen molar-refractivity contribution in [2.45, 2.75) is 19.8 Å². The molecule has 6 heteroatoms. The highest BCUT2D eigenvalue weighted by Crippen LogP contribution is 2.23. The summed E-state index contributed by atoms with van der Waals surface area (Å²) in [4.78, 5) is 18.9. The maximum absolute atomic E-state index is 12.8. The van der Waals surface area contributed by atoms with Crippen molar-refractivity contribution in [2.75, 3.05) is 11.4 Å². The van der Waals surface area contributed by atoms with E-state index in [1.54, 1.807) is 16.2 Å². The molecule has 0 unspecified atom stereocenters. The lowest BCUT2D eigenvalue weighted by Crippen LogP contribution is -2.30. The topological polar surface area (TPSA) is 59.2 Å². The van der Waals surface area contributed by atoms with Gasteiger partial charge in [-0.2, -0.15) is 16.3 Å². The van der Waals surface area contributed by atoms with E-state index in [0.29, 0.717) is 31.1 Å². The number of aryl methyl sites for hydroxylation is 1. The summed E-state index contributed by atoms with van der Waals surface area (Å²) in [7, 11) is 0. The number of amides is 1. The van der Waals surface area contributed by atoms with Crippen molar-refractivity contribution in [3.05, 3.63) is 65.2 Å². The number of hydrogen-bond acceptors (Lipinski definition) is 5. The highest BCUT2D eigenvalue weighted by atomic mass is 32.1. The van der Waals surface area contributed by atoms with E-state index >= 15 is 0 Å². The van der Waals surface area contributed by atoms with Gasteiger partial charge in [-0.15, -0.1) is 0 Å². The van der Waals surface area contributed by atoms with Crippen LogP contribution in [0.15, 0.2) is 63.8 Å². The standard InChI is InChI=1S/C21H19N3O2S/c1-2-24(18-8-7-15-5-3-4-6-16(15)13-18)20(25)10-9-19-22-21(23-26-19)17-11-12-27-14-17/h3-8,11-14H,2,9-10H2,1H3. The second-order valence-electron chi connectivity index (χ2n) is 6.19. The third-order valence-corrected chi connectivity index (χ3v) is 5.15. The molecule has 0 atom stereocenters. The molecule has 0 spiro atoms. The largest absolute Gasteiger partial charge is 0.339 e. The molecule has 0 fully saturated rings. The first kappa shape index (κ1) is 17.4. The van der Waals surface area contributed by atoms with Crippen LogP contribution >= 0.6 is 11.3 Å². The SMILES string of the molecule is CCN(C(=O)CCc1nc(-c2ccsc2)no1)c1ccc2ccccc2c1. The van der Waals surface area contributed by atoms with Gasteiger partial charge in [-0.25, -0.2) is 0 Å². The monoisotopic (exact) mass is 377 g/mol. The molecule has 0 saturated carbocycles. The van der Waals surface area contributed by atoms with E-state index in [1.165, 1.54) is 0 Å². The smallest absolute Gasteiger partial charge is 0.227 e. The zero-order valence-corrected chi connectivity index (χ0v) is 15.8. The summed E-state index contributed by atoms with van der Waals surface area (Å²) in [5.74, 6) is 1.10. The first-order valence-electron chi connectivity index (χ1n) is 8.89. The molecule has 136 valence electrons. The van der Waals surface area contributed by atoms with Gasteiger partial charge in [0.15, 0.2) is 0 Å². The van der Waals surface area contributed by atoms with Crippen LogP contribution in [0.3, 0.4) is 0 Å². The van der Waals surface area contributed by atoms with Crippen molar-refractivity contribution in [1.29, 1.82) is 0 Å². The molecule has 5 nitrogen and oxygen atoms in total. The number of fused-ring (bicyclic) bond motifs is 1. The average molecular weight is 377 g/mol. The second-order valence-corrected chi connectivity index (χ2v) is 6.97. The van der Waals surface area contributed by atoms with E-state index in [4.69, 9.17) is 4.52 Å². The molecule has 0 aliphatic heterocycles. The van der Waals surface area contributed by atoms with Gasteiger partial charge in [0.05, 0.1) is 0 Å². The average Bonchev–Trinajstić information content (AvgIpc) is 3.38. The van der Waals surface area contributed by atoms with Crippen molar-refractivity contribution < 1.29 is 9.32 Å². The molecule has 2 aromatic heterocycles. The molecule has 2 aromatic carbocycles. The van der Waals surface area contributed by atoms with Gasteiger partial charge in [0.1, 0.15) is 0 Å². The van der Waals surface area contributed by atoms with E-state index in [1.807, 2.05) is 48.0 Å². The van der Waals surface area contributed by atoms with Gasteiger partial charge in [0.2, 0.25) is 17.6 Å². The van der Waals surface area contributed by atoms with E-state index in [9.17, 15) is 4.79 Å². The number of anilines is 1. The first-order valence-corrected chi connectivity index (χ1v) is 9.83. The summed E-state index contributed by atoms with van der Waals surface area (Å²) in [5, 5.41) is 10.2. The van der Waals surface area contributed by atoms with Crippen LogP contribution in [0.25, 0.3) is 22.2 Å². The fourth-order valence-corrected chi connectivity index (χ4v) is 3.70. The molecule has 27 heavy (non-hydrogen) atoms. The molecule has 0 radical (unpaired) electrons. The highest BCUT2D eigenvalue weighted by Gasteiger charge is 2.16. The predicted octanol–water partition coefficient (Wildman–Crippen LogP) is 4.94. The molecule has 1 amide bonds. The quantitative estimate of drug-likeness (QED) is 0.478. The normalized spacial score (nSPS) is 11.0. The lowest BCUT2D eigenvalue weighted by atomic mass is 10.1. The molecular weight excluding hydrogens is 358 g/mol. The molecule has 4 rings (SSSR count). The zero-order valence-electron chi connectivity index (χ0n) is 15.0. The maximum Gasteiger partial charge on any atom is 0.227 e. The number of carbonyl (C=O) groups excluding carboxylic acids is 1. The van der Waals surface area contributed by atoms with E-state index in [-0.39, 0.29) is 5.91 Å². The third-order valence-electron chi connectivity index (χ3n) is 4.46. The zero-order chi connectivity index (χ0) is 18.6. The molecule has 0 aliphatic carbocycles. The van der Waals surface area contributed by atoms with Crippen molar-refractivity contribution >= 4 is 33.7 Å². The van der Waals surface area contributed by atoms with Gasteiger partial charge >= 0.3 is 0 Å². The Morgan fingerprint density at radius 2 is 2.00 bits per heavy atom. The van der Waals surface area contributed by atoms with Gasteiger partial charge in [-0.3, -0.25) is 4.79 Å². The van der Waals surface area contributed by atoms with Crippen LogP contribution in [0, 0.1) is 0 Å². The van der Waals surface area contributed by atoms with Crippen molar-refractivity contribution in [2.24, 2.45) is 0 Å². The Kier molecular flexibility index (Phi) is 4.98. The summed E-state index contributed by atoms with van der Waals surface area (Å²) < 4.78 is 5.29. The highest BCUT2D eigenvalue weighted by molar-refractivity contribution is 7.08. The Morgan fingerprint density at radius 1 is 1.15 bits per heavy atom. The minimum absolute atomic E-state index is 0.0445. The summed E-state index contributed by atoms with van der Waals surface area (Å²) in [6.07, 6.45) is 0.756. The number of benzene rings is 2. The molecule has 0 saturated heterocycles. The molecule has 0 bridgehead atoms. The van der Waals surface area contributed by atoms with Crippen LogP contribution in [0.4, 0.5) is 5.69 Å². The minimum atomic E-state index is 0.0445. The third kappa shape index (κ3) is 3.75. The number of aromatic nitrogens is 2. The van der Waals surface area contributed by atoms with Crippen molar-refractivity contribution in [3.8, 4) is 11.4 Å². The van der Waals surface area contributed by atoms with Gasteiger partial charge in [-0.05, 0) is 41.3 Å². The van der Waals surface area contributed by atoms with Gasteiger partial charge in [0, 0.05) is 36.0 Å². The Labute approximate surface area is 161 Å². The molecular formula is C21H19N3O2S. The lowest BCUT2D eigenvalue weighted by molar-refractivity contribution is -0.118. The summed E-state index contributed by atoms with van der Waals surface area (Å²) >= 11 is 1.58. The predicted molar refractivity (Wildman–Crippen MR) is 108 cm³/mol. The summed E-state index contributed by atoms with van der Waals surface area (Å²) in [5.41, 5.74) is 1.85. The lowest BCUT2D eigenvalue weighted by Gasteiger charge is -2.21. The maximum atomic E-state index is 12.8.